The molecule has 0 radical (unpaired) electrons. The number of phosphoric acid groups is 1. The van der Waals surface area contributed by atoms with Gasteiger partial charge in [0.05, 0.1) is 19.8 Å². The molecule has 0 amide bonds. The highest BCUT2D eigenvalue weighted by atomic mass is 31.2. The average molecular weight is 575 g/mol. The number of hydrogen-bond acceptors (Lipinski definition) is 4. The van der Waals surface area contributed by atoms with Crippen molar-refractivity contribution in [2.45, 2.75) is 201 Å². The summed E-state index contributed by atoms with van der Waals surface area (Å²) in [5.41, 5.74) is 0. The molecule has 0 saturated carbocycles. The van der Waals surface area contributed by atoms with Crippen LogP contribution in [0.3, 0.4) is 0 Å². The Morgan fingerprint density at radius 2 is 0.564 bits per heavy atom. The molecule has 236 valence electrons. The van der Waals surface area contributed by atoms with E-state index in [-0.39, 0.29) is 0 Å². The van der Waals surface area contributed by atoms with E-state index in [1.165, 1.54) is 154 Å². The average Bonchev–Trinajstić information content (AvgIpc) is 2.93. The van der Waals surface area contributed by atoms with Gasteiger partial charge in [0, 0.05) is 0 Å². The van der Waals surface area contributed by atoms with Gasteiger partial charge < -0.3 is 0 Å². The van der Waals surface area contributed by atoms with Crippen LogP contribution in [0.15, 0.2) is 0 Å². The molecule has 0 aliphatic heterocycles. The summed E-state index contributed by atoms with van der Waals surface area (Å²) < 4.78 is 29.4. The van der Waals surface area contributed by atoms with Crippen LogP contribution in [0.1, 0.15) is 201 Å². The van der Waals surface area contributed by atoms with E-state index in [9.17, 15) is 4.57 Å². The second-order valence-electron chi connectivity index (χ2n) is 11.7. The SMILES string of the molecule is CCCCCCCCCCCCCCCCOP(=O)(OCC)OCCCCCCCCCCCCCCCC. The van der Waals surface area contributed by atoms with Gasteiger partial charge in [0.1, 0.15) is 0 Å². The molecule has 0 aliphatic carbocycles. The van der Waals surface area contributed by atoms with Crippen LogP contribution in [0.2, 0.25) is 0 Å². The molecule has 0 heterocycles. The molecular weight excluding hydrogens is 503 g/mol. The predicted octanol–water partition coefficient (Wildman–Crippen LogP) is 13.1. The van der Waals surface area contributed by atoms with E-state index in [4.69, 9.17) is 13.6 Å². The fourth-order valence-electron chi connectivity index (χ4n) is 5.22. The third-order valence-electron chi connectivity index (χ3n) is 7.78. The number of unbranched alkanes of at least 4 members (excludes halogenated alkanes) is 26. The molecule has 0 unspecified atom stereocenters. The molecule has 0 aromatic carbocycles. The van der Waals surface area contributed by atoms with Crippen molar-refractivity contribution in [2.75, 3.05) is 19.8 Å². The molecule has 0 saturated heterocycles. The number of rotatable bonds is 34. The molecule has 0 N–H and O–H groups in total. The van der Waals surface area contributed by atoms with Crippen molar-refractivity contribution >= 4 is 7.82 Å². The Bertz CT molecular complexity index is 462. The van der Waals surface area contributed by atoms with Gasteiger partial charge in [-0.15, -0.1) is 0 Å². The van der Waals surface area contributed by atoms with Gasteiger partial charge in [-0.05, 0) is 19.8 Å². The Balaban J connectivity index is 3.51. The minimum Gasteiger partial charge on any atom is -0.287 e. The lowest BCUT2D eigenvalue weighted by Crippen LogP contribution is -2.03. The fraction of sp³-hybridized carbons (Fsp3) is 1.00. The maximum Gasteiger partial charge on any atom is 0.474 e. The number of hydrogen-bond donors (Lipinski definition) is 0. The Hall–Kier alpha value is 0.110. The van der Waals surface area contributed by atoms with Crippen LogP contribution in [0.4, 0.5) is 0 Å². The lowest BCUT2D eigenvalue weighted by Gasteiger charge is -2.17. The van der Waals surface area contributed by atoms with Gasteiger partial charge in [-0.1, -0.05) is 181 Å². The Morgan fingerprint density at radius 1 is 0.333 bits per heavy atom. The van der Waals surface area contributed by atoms with Gasteiger partial charge >= 0.3 is 7.82 Å². The molecule has 0 aliphatic rings. The third-order valence-corrected chi connectivity index (χ3v) is 9.35. The Morgan fingerprint density at radius 3 is 0.795 bits per heavy atom. The summed E-state index contributed by atoms with van der Waals surface area (Å²) >= 11 is 0. The van der Waals surface area contributed by atoms with Gasteiger partial charge in [-0.3, -0.25) is 13.6 Å². The minimum atomic E-state index is -3.39. The number of phosphoric ester groups is 1. The first-order valence-electron chi connectivity index (χ1n) is 17.7. The van der Waals surface area contributed by atoms with E-state index in [2.05, 4.69) is 13.8 Å². The maximum atomic E-state index is 12.8. The summed E-state index contributed by atoms with van der Waals surface area (Å²) in [6.07, 6.45) is 37.1. The molecule has 0 spiro atoms. The third kappa shape index (κ3) is 30.9. The topological polar surface area (TPSA) is 44.8 Å². The summed E-state index contributed by atoms with van der Waals surface area (Å²) in [5.74, 6) is 0. The van der Waals surface area contributed by atoms with Gasteiger partial charge in [-0.25, -0.2) is 4.57 Å². The predicted molar refractivity (Wildman–Crippen MR) is 172 cm³/mol. The molecule has 0 fully saturated rings. The van der Waals surface area contributed by atoms with E-state index < -0.39 is 7.82 Å². The standard InChI is InChI=1S/C34H71O4P/c1-4-7-9-11-13-15-17-19-21-23-25-27-29-31-33-37-39(35,36-6-3)38-34-32-30-28-26-24-22-20-18-16-14-12-10-8-5-2/h4-34H2,1-3H3. The molecule has 0 atom stereocenters. The van der Waals surface area contributed by atoms with Crippen LogP contribution in [0.5, 0.6) is 0 Å². The smallest absolute Gasteiger partial charge is 0.287 e. The summed E-state index contributed by atoms with van der Waals surface area (Å²) in [4.78, 5) is 0. The van der Waals surface area contributed by atoms with Crippen molar-refractivity contribution in [1.82, 2.24) is 0 Å². The summed E-state index contributed by atoms with van der Waals surface area (Å²) in [5, 5.41) is 0. The first-order valence-corrected chi connectivity index (χ1v) is 19.2. The lowest BCUT2D eigenvalue weighted by molar-refractivity contribution is 0.114. The quantitative estimate of drug-likeness (QED) is 0.0566. The highest BCUT2D eigenvalue weighted by Crippen LogP contribution is 2.49. The van der Waals surface area contributed by atoms with E-state index in [1.807, 2.05) is 6.92 Å². The molecule has 5 heteroatoms. The zero-order valence-electron chi connectivity index (χ0n) is 27.0. The summed E-state index contributed by atoms with van der Waals surface area (Å²) in [6.45, 7) is 7.70. The van der Waals surface area contributed by atoms with Crippen LogP contribution in [0, 0.1) is 0 Å². The van der Waals surface area contributed by atoms with Crippen LogP contribution in [0.25, 0.3) is 0 Å². The largest absolute Gasteiger partial charge is 0.474 e. The van der Waals surface area contributed by atoms with Crippen molar-refractivity contribution in [3.05, 3.63) is 0 Å². The van der Waals surface area contributed by atoms with Crippen molar-refractivity contribution in [1.29, 1.82) is 0 Å². The van der Waals surface area contributed by atoms with E-state index in [0.29, 0.717) is 19.8 Å². The highest BCUT2D eigenvalue weighted by Gasteiger charge is 2.25. The minimum absolute atomic E-state index is 0.356. The van der Waals surface area contributed by atoms with Crippen molar-refractivity contribution in [3.63, 3.8) is 0 Å². The first-order chi connectivity index (χ1) is 19.2. The summed E-state index contributed by atoms with van der Waals surface area (Å²) in [6, 6.07) is 0. The van der Waals surface area contributed by atoms with Crippen molar-refractivity contribution < 1.29 is 18.1 Å². The van der Waals surface area contributed by atoms with E-state index in [1.54, 1.807) is 0 Å². The second-order valence-corrected chi connectivity index (χ2v) is 13.4. The van der Waals surface area contributed by atoms with E-state index in [0.717, 1.165) is 25.7 Å². The normalized spacial score (nSPS) is 12.0. The van der Waals surface area contributed by atoms with Crippen LogP contribution in [-0.4, -0.2) is 19.8 Å². The monoisotopic (exact) mass is 575 g/mol. The Kier molecular flexibility index (Phi) is 32.7. The van der Waals surface area contributed by atoms with Gasteiger partial charge in [0.2, 0.25) is 0 Å². The van der Waals surface area contributed by atoms with Crippen molar-refractivity contribution in [3.8, 4) is 0 Å². The molecule has 0 aromatic rings. The molecule has 39 heavy (non-hydrogen) atoms. The van der Waals surface area contributed by atoms with Gasteiger partial charge in [-0.2, -0.15) is 0 Å². The molecule has 4 nitrogen and oxygen atoms in total. The zero-order chi connectivity index (χ0) is 28.5. The summed E-state index contributed by atoms with van der Waals surface area (Å²) in [7, 11) is -3.39. The zero-order valence-corrected chi connectivity index (χ0v) is 27.9. The maximum absolute atomic E-state index is 12.8. The molecule has 0 bridgehead atoms. The van der Waals surface area contributed by atoms with Gasteiger partial charge in [0.25, 0.3) is 0 Å². The molecular formula is C34H71O4P. The Labute approximate surface area is 246 Å². The fourth-order valence-corrected chi connectivity index (χ4v) is 6.46. The van der Waals surface area contributed by atoms with Gasteiger partial charge in [0.15, 0.2) is 0 Å². The van der Waals surface area contributed by atoms with E-state index >= 15 is 0 Å². The van der Waals surface area contributed by atoms with Crippen molar-refractivity contribution in [2.24, 2.45) is 0 Å². The lowest BCUT2D eigenvalue weighted by atomic mass is 10.0. The van der Waals surface area contributed by atoms with Crippen LogP contribution >= 0.6 is 7.82 Å². The second kappa shape index (κ2) is 32.6. The van der Waals surface area contributed by atoms with Crippen LogP contribution in [-0.2, 0) is 18.1 Å². The first kappa shape index (κ1) is 39.1. The van der Waals surface area contributed by atoms with Crippen LogP contribution < -0.4 is 0 Å². The molecule has 0 aromatic heterocycles. The molecule has 0 rings (SSSR count). The highest BCUT2D eigenvalue weighted by molar-refractivity contribution is 7.48.